The topological polar surface area (TPSA) is 0 Å². The van der Waals surface area contributed by atoms with E-state index in [4.69, 9.17) is 0 Å². The SMILES string of the molecule is CC1(Br)CC(Br)(c2ccccc2)C1. The third kappa shape index (κ3) is 1.84. The van der Waals surface area contributed by atoms with E-state index in [0.717, 1.165) is 12.8 Å². The van der Waals surface area contributed by atoms with Gasteiger partial charge in [0, 0.05) is 4.32 Å². The van der Waals surface area contributed by atoms with E-state index in [1.54, 1.807) is 0 Å². The van der Waals surface area contributed by atoms with Gasteiger partial charge in [0.2, 0.25) is 0 Å². The Kier molecular flexibility index (Phi) is 2.31. The second kappa shape index (κ2) is 3.09. The number of alkyl halides is 2. The molecule has 0 nitrogen and oxygen atoms in total. The highest BCUT2D eigenvalue weighted by atomic mass is 79.9. The van der Waals surface area contributed by atoms with Gasteiger partial charge in [0.05, 0.1) is 4.32 Å². The van der Waals surface area contributed by atoms with Crippen LogP contribution in [0.3, 0.4) is 0 Å². The highest BCUT2D eigenvalue weighted by Crippen LogP contribution is 2.58. The van der Waals surface area contributed by atoms with Crippen LogP contribution in [0.15, 0.2) is 30.3 Å². The standard InChI is InChI=1S/C11H12Br2/c1-10(12)7-11(13,8-10)9-5-3-2-4-6-9/h2-6H,7-8H2,1H3. The third-order valence-corrected chi connectivity index (χ3v) is 4.17. The molecule has 2 rings (SSSR count). The maximum absolute atomic E-state index is 3.82. The molecule has 70 valence electrons. The summed E-state index contributed by atoms with van der Waals surface area (Å²) in [5.41, 5.74) is 1.40. The fourth-order valence-electron chi connectivity index (χ4n) is 2.06. The summed E-state index contributed by atoms with van der Waals surface area (Å²) < 4.78 is 0.541. The molecule has 0 N–H and O–H groups in total. The molecule has 0 spiro atoms. The monoisotopic (exact) mass is 302 g/mol. The van der Waals surface area contributed by atoms with Crippen LogP contribution in [-0.4, -0.2) is 4.32 Å². The molecule has 1 fully saturated rings. The van der Waals surface area contributed by atoms with Crippen molar-refractivity contribution in [1.82, 2.24) is 0 Å². The molecule has 13 heavy (non-hydrogen) atoms. The van der Waals surface area contributed by atoms with Gasteiger partial charge in [-0.1, -0.05) is 62.2 Å². The van der Waals surface area contributed by atoms with Crippen LogP contribution in [-0.2, 0) is 4.32 Å². The van der Waals surface area contributed by atoms with Crippen molar-refractivity contribution in [3.05, 3.63) is 35.9 Å². The summed E-state index contributed by atoms with van der Waals surface area (Å²) in [5, 5.41) is 0. The molecule has 0 saturated heterocycles. The zero-order valence-corrected chi connectivity index (χ0v) is 10.7. The van der Waals surface area contributed by atoms with Crippen LogP contribution >= 0.6 is 31.9 Å². The molecule has 0 atom stereocenters. The molecule has 0 aliphatic heterocycles. The molecule has 1 aliphatic rings. The van der Waals surface area contributed by atoms with Gasteiger partial charge in [0.25, 0.3) is 0 Å². The van der Waals surface area contributed by atoms with E-state index in [9.17, 15) is 0 Å². The van der Waals surface area contributed by atoms with Gasteiger partial charge in [-0.3, -0.25) is 0 Å². The van der Waals surface area contributed by atoms with E-state index >= 15 is 0 Å². The van der Waals surface area contributed by atoms with Gasteiger partial charge >= 0.3 is 0 Å². The number of benzene rings is 1. The van der Waals surface area contributed by atoms with Gasteiger partial charge in [0.15, 0.2) is 0 Å². The van der Waals surface area contributed by atoms with Crippen molar-refractivity contribution >= 4 is 31.9 Å². The second-order valence-electron chi connectivity index (χ2n) is 4.10. The predicted molar refractivity (Wildman–Crippen MR) is 63.6 cm³/mol. The molecule has 0 unspecified atom stereocenters. The van der Waals surface area contributed by atoms with Crippen LogP contribution < -0.4 is 0 Å². The van der Waals surface area contributed by atoms with Gasteiger partial charge in [-0.05, 0) is 25.3 Å². The normalized spacial score (nSPS) is 38.4. The predicted octanol–water partition coefficient (Wildman–Crippen LogP) is 4.22. The van der Waals surface area contributed by atoms with Gasteiger partial charge in [0.1, 0.15) is 0 Å². The molecule has 1 saturated carbocycles. The van der Waals surface area contributed by atoms with Crippen LogP contribution in [0.4, 0.5) is 0 Å². The van der Waals surface area contributed by atoms with E-state index in [-0.39, 0.29) is 4.32 Å². The molecule has 1 aromatic carbocycles. The maximum atomic E-state index is 3.82. The first-order valence-electron chi connectivity index (χ1n) is 4.45. The molecule has 0 heterocycles. The van der Waals surface area contributed by atoms with Crippen molar-refractivity contribution in [2.24, 2.45) is 0 Å². The highest BCUT2D eigenvalue weighted by Gasteiger charge is 2.49. The van der Waals surface area contributed by atoms with Crippen molar-refractivity contribution in [2.45, 2.75) is 28.4 Å². The first kappa shape index (κ1) is 9.72. The number of hydrogen-bond donors (Lipinski definition) is 0. The first-order chi connectivity index (χ1) is 6.02. The molecule has 0 amide bonds. The van der Waals surface area contributed by atoms with Crippen LogP contribution in [0, 0.1) is 0 Å². The Labute approximate surface area is 96.0 Å². The summed E-state index contributed by atoms with van der Waals surface area (Å²) in [7, 11) is 0. The summed E-state index contributed by atoms with van der Waals surface area (Å²) in [5.74, 6) is 0. The Balaban J connectivity index is 2.21. The Morgan fingerprint density at radius 3 is 2.08 bits per heavy atom. The van der Waals surface area contributed by atoms with Crippen molar-refractivity contribution < 1.29 is 0 Å². The quantitative estimate of drug-likeness (QED) is 0.681. The third-order valence-electron chi connectivity index (χ3n) is 2.59. The van der Waals surface area contributed by atoms with Gasteiger partial charge in [-0.25, -0.2) is 0 Å². The van der Waals surface area contributed by atoms with E-state index in [2.05, 4.69) is 69.1 Å². The van der Waals surface area contributed by atoms with Crippen molar-refractivity contribution in [1.29, 1.82) is 0 Å². The number of hydrogen-bond acceptors (Lipinski definition) is 0. The first-order valence-corrected chi connectivity index (χ1v) is 6.04. The average molecular weight is 304 g/mol. The Bertz CT molecular complexity index is 295. The molecule has 0 radical (unpaired) electrons. The number of rotatable bonds is 1. The molecule has 0 bridgehead atoms. The van der Waals surface area contributed by atoms with Crippen molar-refractivity contribution in [3.63, 3.8) is 0 Å². The van der Waals surface area contributed by atoms with Gasteiger partial charge in [-0.15, -0.1) is 0 Å². The van der Waals surface area contributed by atoms with E-state index < -0.39 is 0 Å². The fraction of sp³-hybridized carbons (Fsp3) is 0.455. The lowest BCUT2D eigenvalue weighted by Gasteiger charge is -2.48. The Hall–Kier alpha value is 0.180. The lowest BCUT2D eigenvalue weighted by atomic mass is 9.72. The van der Waals surface area contributed by atoms with Crippen LogP contribution in [0.1, 0.15) is 25.3 Å². The van der Waals surface area contributed by atoms with Crippen LogP contribution in [0.25, 0.3) is 0 Å². The molecular weight excluding hydrogens is 292 g/mol. The molecule has 0 aromatic heterocycles. The minimum absolute atomic E-state index is 0.215. The van der Waals surface area contributed by atoms with E-state index in [0.29, 0.717) is 4.32 Å². The molecule has 1 aromatic rings. The summed E-state index contributed by atoms with van der Waals surface area (Å²) in [6.07, 6.45) is 2.31. The van der Waals surface area contributed by atoms with Crippen LogP contribution in [0.2, 0.25) is 0 Å². The van der Waals surface area contributed by atoms with Gasteiger partial charge < -0.3 is 0 Å². The largest absolute Gasteiger partial charge is 0.0855 e. The summed E-state index contributed by atoms with van der Waals surface area (Å²) >= 11 is 7.53. The van der Waals surface area contributed by atoms with E-state index in [1.165, 1.54) is 5.56 Å². The van der Waals surface area contributed by atoms with Gasteiger partial charge in [-0.2, -0.15) is 0 Å². The lowest BCUT2D eigenvalue weighted by Crippen LogP contribution is -2.44. The molecular formula is C11H12Br2. The summed E-state index contributed by atoms with van der Waals surface area (Å²) in [4.78, 5) is 0. The van der Waals surface area contributed by atoms with E-state index in [1.807, 2.05) is 0 Å². The average Bonchev–Trinajstić information content (AvgIpc) is 2.02. The lowest BCUT2D eigenvalue weighted by molar-refractivity contribution is 0.307. The highest BCUT2D eigenvalue weighted by molar-refractivity contribution is 9.11. The second-order valence-corrected chi connectivity index (χ2v) is 7.53. The summed E-state index contributed by atoms with van der Waals surface area (Å²) in [6.45, 7) is 2.25. The minimum Gasteiger partial charge on any atom is -0.0855 e. The summed E-state index contributed by atoms with van der Waals surface area (Å²) in [6, 6.07) is 10.6. The molecule has 1 aliphatic carbocycles. The van der Waals surface area contributed by atoms with Crippen molar-refractivity contribution in [2.75, 3.05) is 0 Å². The fourth-order valence-corrected chi connectivity index (χ4v) is 5.27. The zero-order valence-electron chi connectivity index (χ0n) is 7.56. The Morgan fingerprint density at radius 1 is 1.08 bits per heavy atom. The number of halogens is 2. The Morgan fingerprint density at radius 2 is 1.62 bits per heavy atom. The maximum Gasteiger partial charge on any atom is 0.0532 e. The zero-order chi connectivity index (χ0) is 9.53. The molecule has 2 heteroatoms. The van der Waals surface area contributed by atoms with Crippen LogP contribution in [0.5, 0.6) is 0 Å². The minimum atomic E-state index is 0.215. The smallest absolute Gasteiger partial charge is 0.0532 e. The van der Waals surface area contributed by atoms with Crippen molar-refractivity contribution in [3.8, 4) is 0 Å².